The summed E-state index contributed by atoms with van der Waals surface area (Å²) in [5, 5.41) is 1.97. The van der Waals surface area contributed by atoms with E-state index in [4.69, 9.17) is 0 Å². The van der Waals surface area contributed by atoms with Gasteiger partial charge in [0.2, 0.25) is 11.8 Å². The van der Waals surface area contributed by atoms with Crippen LogP contribution in [0, 0.1) is 0 Å². The number of nitrogens with zero attached hydrogens (tertiary/aromatic N) is 4. The minimum absolute atomic E-state index is 0.0100. The standard InChI is InChI=1S/C16H20N4O2S/c1-18(12-4-5-12)15(22)13-3-2-6-20(13)14(21)9-11-10-19-7-8-23-16(19)17-11/h7-8,10,12-13H,2-6,9H2,1H3/t13-/m1/s1. The maximum Gasteiger partial charge on any atom is 0.245 e. The monoisotopic (exact) mass is 332 g/mol. The van der Waals surface area contributed by atoms with Crippen LogP contribution in [0.5, 0.6) is 0 Å². The van der Waals surface area contributed by atoms with Gasteiger partial charge < -0.3 is 9.80 Å². The van der Waals surface area contributed by atoms with Crippen molar-refractivity contribution in [2.24, 2.45) is 0 Å². The quantitative estimate of drug-likeness (QED) is 0.853. The van der Waals surface area contributed by atoms with E-state index in [-0.39, 0.29) is 24.3 Å². The molecule has 0 N–H and O–H groups in total. The molecule has 0 unspecified atom stereocenters. The molecule has 4 rings (SSSR count). The molecule has 1 aliphatic carbocycles. The van der Waals surface area contributed by atoms with E-state index in [0.29, 0.717) is 12.6 Å². The third kappa shape index (κ3) is 2.73. The second-order valence-corrected chi connectivity index (χ2v) is 7.30. The molecule has 1 atom stereocenters. The average molecular weight is 332 g/mol. The van der Waals surface area contributed by atoms with Gasteiger partial charge in [-0.05, 0) is 25.7 Å². The number of likely N-dealkylation sites (N-methyl/N-ethyl adjacent to an activating group) is 1. The van der Waals surface area contributed by atoms with Crippen LogP contribution in [0.3, 0.4) is 0 Å². The highest BCUT2D eigenvalue weighted by molar-refractivity contribution is 7.15. The molecule has 2 aromatic rings. The van der Waals surface area contributed by atoms with Crippen LogP contribution in [-0.2, 0) is 16.0 Å². The van der Waals surface area contributed by atoms with Crippen molar-refractivity contribution in [2.75, 3.05) is 13.6 Å². The Morgan fingerprint density at radius 3 is 2.96 bits per heavy atom. The van der Waals surface area contributed by atoms with Gasteiger partial charge in [-0.25, -0.2) is 4.98 Å². The molecule has 1 saturated carbocycles. The van der Waals surface area contributed by atoms with Gasteiger partial charge in [0.05, 0.1) is 12.1 Å². The van der Waals surface area contributed by atoms with E-state index in [1.165, 1.54) is 0 Å². The second-order valence-electron chi connectivity index (χ2n) is 6.43. The van der Waals surface area contributed by atoms with E-state index in [0.717, 1.165) is 36.3 Å². The van der Waals surface area contributed by atoms with Crippen LogP contribution < -0.4 is 0 Å². The topological polar surface area (TPSA) is 57.9 Å². The molecule has 0 aromatic carbocycles. The number of aromatic nitrogens is 2. The number of carbonyl (C=O) groups is 2. The molecule has 6 nitrogen and oxygen atoms in total. The van der Waals surface area contributed by atoms with Crippen molar-refractivity contribution < 1.29 is 9.59 Å². The maximum absolute atomic E-state index is 12.6. The Hall–Kier alpha value is -1.89. The highest BCUT2D eigenvalue weighted by Gasteiger charge is 2.39. The largest absolute Gasteiger partial charge is 0.341 e. The van der Waals surface area contributed by atoms with Crippen LogP contribution in [0.2, 0.25) is 0 Å². The molecule has 0 bridgehead atoms. The van der Waals surface area contributed by atoms with E-state index >= 15 is 0 Å². The van der Waals surface area contributed by atoms with Crippen LogP contribution in [0.4, 0.5) is 0 Å². The van der Waals surface area contributed by atoms with Crippen molar-refractivity contribution in [1.82, 2.24) is 19.2 Å². The first kappa shape index (κ1) is 14.7. The lowest BCUT2D eigenvalue weighted by Crippen LogP contribution is -2.47. The lowest BCUT2D eigenvalue weighted by Gasteiger charge is -2.28. The Kier molecular flexibility index (Phi) is 3.60. The maximum atomic E-state index is 12.6. The molecular weight excluding hydrogens is 312 g/mol. The molecule has 1 saturated heterocycles. The summed E-state index contributed by atoms with van der Waals surface area (Å²) >= 11 is 1.55. The van der Waals surface area contributed by atoms with Crippen molar-refractivity contribution in [3.63, 3.8) is 0 Å². The molecule has 1 aliphatic heterocycles. The zero-order valence-corrected chi connectivity index (χ0v) is 14.0. The van der Waals surface area contributed by atoms with E-state index in [1.807, 2.05) is 34.1 Å². The first-order valence-corrected chi connectivity index (χ1v) is 8.98. The van der Waals surface area contributed by atoms with Gasteiger partial charge in [-0.1, -0.05) is 0 Å². The van der Waals surface area contributed by atoms with E-state index in [2.05, 4.69) is 4.98 Å². The molecule has 23 heavy (non-hydrogen) atoms. The third-order valence-electron chi connectivity index (χ3n) is 4.78. The molecule has 122 valence electrons. The van der Waals surface area contributed by atoms with E-state index < -0.39 is 0 Å². The Bertz CT molecular complexity index is 720. The molecule has 2 aromatic heterocycles. The van der Waals surface area contributed by atoms with Crippen molar-refractivity contribution >= 4 is 28.1 Å². The molecule has 0 radical (unpaired) electrons. The molecule has 2 aliphatic rings. The highest BCUT2D eigenvalue weighted by atomic mass is 32.1. The lowest BCUT2D eigenvalue weighted by molar-refractivity contribution is -0.143. The summed E-state index contributed by atoms with van der Waals surface area (Å²) in [6.45, 7) is 0.677. The van der Waals surface area contributed by atoms with Crippen LogP contribution in [0.25, 0.3) is 4.96 Å². The van der Waals surface area contributed by atoms with Gasteiger partial charge in [0.1, 0.15) is 6.04 Å². The SMILES string of the molecule is CN(C(=O)[C@H]1CCCN1C(=O)Cc1cn2ccsc2n1)C1CC1. The Balaban J connectivity index is 1.45. The van der Waals surface area contributed by atoms with Crippen molar-refractivity contribution in [3.05, 3.63) is 23.5 Å². The number of carbonyl (C=O) groups excluding carboxylic acids is 2. The lowest BCUT2D eigenvalue weighted by atomic mass is 10.2. The summed E-state index contributed by atoms with van der Waals surface area (Å²) in [6, 6.07) is 0.108. The van der Waals surface area contributed by atoms with Crippen molar-refractivity contribution in [1.29, 1.82) is 0 Å². The van der Waals surface area contributed by atoms with E-state index in [1.54, 1.807) is 16.2 Å². The summed E-state index contributed by atoms with van der Waals surface area (Å²) in [4.78, 5) is 34.2. The summed E-state index contributed by atoms with van der Waals surface area (Å²) in [7, 11) is 1.87. The van der Waals surface area contributed by atoms with Gasteiger partial charge in [-0.15, -0.1) is 11.3 Å². The number of hydrogen-bond donors (Lipinski definition) is 0. The zero-order chi connectivity index (χ0) is 16.0. The summed E-state index contributed by atoms with van der Waals surface area (Å²) in [6.07, 6.45) is 7.97. The third-order valence-corrected chi connectivity index (χ3v) is 5.55. The van der Waals surface area contributed by atoms with Gasteiger partial charge in [-0.3, -0.25) is 14.0 Å². The molecule has 0 spiro atoms. The predicted molar refractivity (Wildman–Crippen MR) is 87.3 cm³/mol. The fraction of sp³-hybridized carbons (Fsp3) is 0.562. The smallest absolute Gasteiger partial charge is 0.245 e. The summed E-state index contributed by atoms with van der Waals surface area (Å²) in [5.41, 5.74) is 0.774. The minimum Gasteiger partial charge on any atom is -0.341 e. The zero-order valence-electron chi connectivity index (χ0n) is 13.1. The number of likely N-dealkylation sites (tertiary alicyclic amines) is 1. The van der Waals surface area contributed by atoms with Gasteiger partial charge in [0.25, 0.3) is 0 Å². The van der Waals surface area contributed by atoms with Gasteiger partial charge in [-0.2, -0.15) is 0 Å². The fourth-order valence-corrected chi connectivity index (χ4v) is 4.04. The van der Waals surface area contributed by atoms with Crippen LogP contribution in [-0.4, -0.2) is 56.7 Å². The average Bonchev–Trinajstić information content (AvgIpc) is 2.94. The number of thiazole rings is 1. The Labute approximate surface area is 138 Å². The number of imidazole rings is 1. The number of amides is 2. The Morgan fingerprint density at radius 2 is 2.22 bits per heavy atom. The van der Waals surface area contributed by atoms with Crippen LogP contribution >= 0.6 is 11.3 Å². The van der Waals surface area contributed by atoms with Crippen LogP contribution in [0.1, 0.15) is 31.4 Å². The van der Waals surface area contributed by atoms with Crippen molar-refractivity contribution in [3.8, 4) is 0 Å². The van der Waals surface area contributed by atoms with Gasteiger partial charge in [0.15, 0.2) is 4.96 Å². The summed E-state index contributed by atoms with van der Waals surface area (Å²) in [5.74, 6) is 0.111. The minimum atomic E-state index is -0.281. The fourth-order valence-electron chi connectivity index (χ4n) is 3.32. The number of hydrogen-bond acceptors (Lipinski definition) is 4. The van der Waals surface area contributed by atoms with Gasteiger partial charge >= 0.3 is 0 Å². The number of fused-ring (bicyclic) bond motifs is 1. The highest BCUT2D eigenvalue weighted by Crippen LogP contribution is 2.28. The summed E-state index contributed by atoms with van der Waals surface area (Å²) < 4.78 is 1.93. The molecule has 7 heteroatoms. The van der Waals surface area contributed by atoms with Crippen molar-refractivity contribution in [2.45, 2.75) is 44.2 Å². The first-order valence-electron chi connectivity index (χ1n) is 8.10. The number of rotatable bonds is 4. The van der Waals surface area contributed by atoms with Gasteiger partial charge in [0, 0.05) is 37.4 Å². The molecule has 2 fully saturated rings. The molecule has 3 heterocycles. The van der Waals surface area contributed by atoms with Crippen LogP contribution in [0.15, 0.2) is 17.8 Å². The Morgan fingerprint density at radius 1 is 1.39 bits per heavy atom. The molecular formula is C16H20N4O2S. The van der Waals surface area contributed by atoms with E-state index in [9.17, 15) is 9.59 Å². The first-order chi connectivity index (χ1) is 11.1. The normalized spacial score (nSPS) is 21.1. The molecule has 2 amide bonds. The predicted octanol–water partition coefficient (Wildman–Crippen LogP) is 1.55. The second kappa shape index (κ2) is 5.63.